The number of benzene rings is 1. The number of pyridine rings is 2. The van der Waals surface area contributed by atoms with Crippen LogP contribution in [0.1, 0.15) is 76.1 Å². The van der Waals surface area contributed by atoms with Gasteiger partial charge in [-0.05, 0) is 76.6 Å². The molecular weight excluding hydrogens is 521 g/mol. The van der Waals surface area contributed by atoms with Gasteiger partial charge in [-0.1, -0.05) is 26.0 Å². The van der Waals surface area contributed by atoms with Gasteiger partial charge in [0.15, 0.2) is 6.10 Å². The van der Waals surface area contributed by atoms with Crippen molar-refractivity contribution < 1.29 is 23.8 Å². The summed E-state index contributed by atoms with van der Waals surface area (Å²) in [5, 5.41) is 10.3. The van der Waals surface area contributed by atoms with Crippen molar-refractivity contribution >= 4 is 11.7 Å². The number of halogens is 1. The first-order chi connectivity index (χ1) is 19.2. The van der Waals surface area contributed by atoms with Crippen LogP contribution < -0.4 is 9.64 Å². The van der Waals surface area contributed by atoms with E-state index in [1.807, 2.05) is 52.9 Å². The average molecular weight is 564 g/mol. The number of hydrogen-bond donors (Lipinski definition) is 1. The Balaban J connectivity index is 1.71. The standard InChI is InChI=1S/C33H42FN3O4/c1-21-25(12-13-27(36-21)40-19-14-23-8-10-24(34)11-9-23)26-20-35-22(2)28(30(31(38)39)41-32(3,4)5)29(26)37-17-15-33(6,7)16-18-37/h8-13,20,30H,14-19H2,1-7H3,(H,38,39)/t30-/m0/s1. The normalized spacial score (nSPS) is 16.0. The van der Waals surface area contributed by atoms with Crippen LogP contribution in [-0.4, -0.2) is 46.3 Å². The summed E-state index contributed by atoms with van der Waals surface area (Å²) in [7, 11) is 0. The van der Waals surface area contributed by atoms with E-state index in [-0.39, 0.29) is 11.2 Å². The molecule has 1 fully saturated rings. The number of anilines is 1. The summed E-state index contributed by atoms with van der Waals surface area (Å²) < 4.78 is 25.3. The Bertz CT molecular complexity index is 1370. The largest absolute Gasteiger partial charge is 0.479 e. The van der Waals surface area contributed by atoms with Gasteiger partial charge >= 0.3 is 5.97 Å². The van der Waals surface area contributed by atoms with Crippen molar-refractivity contribution in [2.45, 2.75) is 79.4 Å². The van der Waals surface area contributed by atoms with Crippen molar-refractivity contribution in [3.05, 3.63) is 70.9 Å². The van der Waals surface area contributed by atoms with E-state index in [4.69, 9.17) is 14.5 Å². The number of rotatable bonds is 9. The number of carbonyl (C=O) groups is 1. The van der Waals surface area contributed by atoms with Gasteiger partial charge < -0.3 is 19.5 Å². The van der Waals surface area contributed by atoms with E-state index in [0.29, 0.717) is 30.2 Å². The quantitative estimate of drug-likeness (QED) is 0.298. The summed E-state index contributed by atoms with van der Waals surface area (Å²) in [6.45, 7) is 15.9. The minimum atomic E-state index is -1.17. The number of hydrogen-bond acceptors (Lipinski definition) is 6. The smallest absolute Gasteiger partial charge is 0.337 e. The van der Waals surface area contributed by atoms with E-state index < -0.39 is 17.7 Å². The Morgan fingerprint density at radius 3 is 2.29 bits per heavy atom. The van der Waals surface area contributed by atoms with Crippen molar-refractivity contribution in [1.29, 1.82) is 0 Å². The highest BCUT2D eigenvalue weighted by atomic mass is 19.1. The number of aromatic nitrogens is 2. The SMILES string of the molecule is Cc1nc(OCCc2ccc(F)cc2)ccc1-c1cnc(C)c([C@H](OC(C)(C)C)C(=O)O)c1N1CCC(C)(C)CC1. The fraction of sp³-hybridized carbons (Fsp3) is 0.485. The lowest BCUT2D eigenvalue weighted by Crippen LogP contribution is -2.39. The highest BCUT2D eigenvalue weighted by Gasteiger charge is 2.36. The van der Waals surface area contributed by atoms with Gasteiger partial charge in [0, 0.05) is 59.9 Å². The first-order valence-electron chi connectivity index (χ1n) is 14.2. The molecule has 1 aliphatic rings. The van der Waals surface area contributed by atoms with Gasteiger partial charge in [0.2, 0.25) is 5.88 Å². The maximum atomic E-state index is 13.2. The van der Waals surface area contributed by atoms with Crippen LogP contribution in [0.25, 0.3) is 11.1 Å². The second-order valence-electron chi connectivity index (χ2n) is 12.6. The van der Waals surface area contributed by atoms with Crippen LogP contribution >= 0.6 is 0 Å². The van der Waals surface area contributed by atoms with Gasteiger partial charge in [0.1, 0.15) is 5.82 Å². The molecule has 1 aliphatic heterocycles. The molecule has 4 rings (SSSR count). The van der Waals surface area contributed by atoms with Gasteiger partial charge in [0.05, 0.1) is 17.9 Å². The highest BCUT2D eigenvalue weighted by molar-refractivity contribution is 5.87. The first kappa shape index (κ1) is 30.4. The monoisotopic (exact) mass is 563 g/mol. The first-order valence-corrected chi connectivity index (χ1v) is 14.2. The predicted octanol–water partition coefficient (Wildman–Crippen LogP) is 7.09. The van der Waals surface area contributed by atoms with Gasteiger partial charge in [-0.3, -0.25) is 4.98 Å². The summed E-state index contributed by atoms with van der Waals surface area (Å²) in [5.41, 5.74) is 5.05. The lowest BCUT2D eigenvalue weighted by Gasteiger charge is -2.41. The maximum absolute atomic E-state index is 13.2. The topological polar surface area (TPSA) is 84.8 Å². The van der Waals surface area contributed by atoms with Gasteiger partial charge in [-0.2, -0.15) is 0 Å². The number of piperidine rings is 1. The fourth-order valence-corrected chi connectivity index (χ4v) is 5.21. The van der Waals surface area contributed by atoms with Crippen LogP contribution in [0.15, 0.2) is 42.6 Å². The van der Waals surface area contributed by atoms with Gasteiger partial charge in [-0.15, -0.1) is 0 Å². The van der Waals surface area contributed by atoms with E-state index in [1.54, 1.807) is 12.1 Å². The molecule has 1 aromatic carbocycles. The Morgan fingerprint density at radius 1 is 1.05 bits per heavy atom. The minimum absolute atomic E-state index is 0.220. The lowest BCUT2D eigenvalue weighted by molar-refractivity contribution is -0.160. The molecule has 2 aromatic heterocycles. The van der Waals surface area contributed by atoms with Crippen molar-refractivity contribution in [3.8, 4) is 17.0 Å². The molecule has 3 aromatic rings. The molecule has 1 atom stereocenters. The van der Waals surface area contributed by atoms with Crippen LogP contribution in [0.3, 0.4) is 0 Å². The molecule has 0 spiro atoms. The number of ether oxygens (including phenoxy) is 2. The zero-order chi connectivity index (χ0) is 29.9. The molecule has 0 amide bonds. The number of carboxylic acid groups (broad SMARTS) is 1. The summed E-state index contributed by atoms with van der Waals surface area (Å²) >= 11 is 0. The summed E-state index contributed by atoms with van der Waals surface area (Å²) in [5.74, 6) is -0.807. The predicted molar refractivity (Wildman–Crippen MR) is 159 cm³/mol. The van der Waals surface area contributed by atoms with Crippen LogP contribution in [0.5, 0.6) is 5.88 Å². The Kier molecular flexibility index (Phi) is 9.02. The number of carboxylic acids is 1. The summed E-state index contributed by atoms with van der Waals surface area (Å²) in [4.78, 5) is 24.3. The van der Waals surface area contributed by atoms with Gasteiger partial charge in [0.25, 0.3) is 0 Å². The van der Waals surface area contributed by atoms with Crippen LogP contribution in [0, 0.1) is 25.1 Å². The molecule has 41 heavy (non-hydrogen) atoms. The van der Waals surface area contributed by atoms with Crippen LogP contribution in [-0.2, 0) is 16.0 Å². The van der Waals surface area contributed by atoms with Gasteiger partial charge in [-0.25, -0.2) is 14.2 Å². The van der Waals surface area contributed by atoms with Crippen molar-refractivity contribution in [2.24, 2.45) is 5.41 Å². The third kappa shape index (κ3) is 7.61. The number of aryl methyl sites for hydroxylation is 2. The number of aliphatic carboxylic acids is 1. The van der Waals surface area contributed by atoms with E-state index in [9.17, 15) is 14.3 Å². The summed E-state index contributed by atoms with van der Waals surface area (Å²) in [6, 6.07) is 10.2. The molecule has 0 aliphatic carbocycles. The second-order valence-corrected chi connectivity index (χ2v) is 12.6. The third-order valence-corrected chi connectivity index (χ3v) is 7.58. The van der Waals surface area contributed by atoms with E-state index in [1.165, 1.54) is 12.1 Å². The van der Waals surface area contributed by atoms with E-state index in [2.05, 4.69) is 23.7 Å². The van der Waals surface area contributed by atoms with E-state index in [0.717, 1.165) is 54.0 Å². The highest BCUT2D eigenvalue weighted by Crippen LogP contribution is 2.44. The van der Waals surface area contributed by atoms with Crippen molar-refractivity contribution in [2.75, 3.05) is 24.6 Å². The minimum Gasteiger partial charge on any atom is -0.479 e. The molecule has 1 N–H and O–H groups in total. The molecule has 8 heteroatoms. The van der Waals surface area contributed by atoms with Crippen molar-refractivity contribution in [1.82, 2.24) is 9.97 Å². The second kappa shape index (κ2) is 12.1. The Morgan fingerprint density at radius 2 is 1.71 bits per heavy atom. The third-order valence-electron chi connectivity index (χ3n) is 7.58. The Labute approximate surface area is 242 Å². The molecule has 7 nitrogen and oxygen atoms in total. The lowest BCUT2D eigenvalue weighted by atomic mass is 9.82. The molecule has 1 saturated heterocycles. The van der Waals surface area contributed by atoms with Crippen LogP contribution in [0.2, 0.25) is 0 Å². The zero-order valence-corrected chi connectivity index (χ0v) is 25.3. The molecule has 0 unspecified atom stereocenters. The zero-order valence-electron chi connectivity index (χ0n) is 25.3. The molecule has 3 heterocycles. The fourth-order valence-electron chi connectivity index (χ4n) is 5.21. The molecular formula is C33H42FN3O4. The van der Waals surface area contributed by atoms with Crippen LogP contribution in [0.4, 0.5) is 10.1 Å². The summed E-state index contributed by atoms with van der Waals surface area (Å²) in [6.07, 6.45) is 3.26. The van der Waals surface area contributed by atoms with E-state index >= 15 is 0 Å². The molecule has 0 radical (unpaired) electrons. The molecule has 0 bridgehead atoms. The van der Waals surface area contributed by atoms with Crippen molar-refractivity contribution in [3.63, 3.8) is 0 Å². The number of nitrogens with zero attached hydrogens (tertiary/aromatic N) is 3. The average Bonchev–Trinajstić information content (AvgIpc) is 2.88. The molecule has 220 valence electrons. The maximum Gasteiger partial charge on any atom is 0.337 e. The molecule has 0 saturated carbocycles. The Hall–Kier alpha value is -3.52.